The predicted octanol–water partition coefficient (Wildman–Crippen LogP) is 2.20. The second-order valence-electron chi connectivity index (χ2n) is 7.66. The van der Waals surface area contributed by atoms with E-state index in [1.54, 1.807) is 12.1 Å². The number of ether oxygens (including phenoxy) is 5. The zero-order valence-corrected chi connectivity index (χ0v) is 20.4. The summed E-state index contributed by atoms with van der Waals surface area (Å²) in [4.78, 5) is 17.4. The van der Waals surface area contributed by atoms with Crippen LogP contribution < -0.4 is 15.8 Å². The van der Waals surface area contributed by atoms with Gasteiger partial charge in [-0.05, 0) is 31.5 Å². The van der Waals surface area contributed by atoms with E-state index in [1.165, 1.54) is 11.3 Å². The molecule has 1 fully saturated rings. The molecule has 0 radical (unpaired) electrons. The van der Waals surface area contributed by atoms with E-state index < -0.39 is 0 Å². The predicted molar refractivity (Wildman–Crippen MR) is 130 cm³/mol. The number of rotatable bonds is 18. The van der Waals surface area contributed by atoms with Gasteiger partial charge >= 0.3 is 0 Å². The number of nitrogens with zero attached hydrogens (tertiary/aromatic N) is 1. The number of nitrogens with two attached hydrogens (primary N) is 1. The third-order valence-corrected chi connectivity index (χ3v) is 6.04. The van der Waals surface area contributed by atoms with Crippen molar-refractivity contribution >= 4 is 17.1 Å². The molecule has 0 saturated carbocycles. The SMILES string of the molecule is NCCOCCOCCOCCOCCOc1cccc(C(=O)c2csc([C@@H]3CCCN3)n2)c1. The van der Waals surface area contributed by atoms with Crippen molar-refractivity contribution in [2.24, 2.45) is 5.73 Å². The smallest absolute Gasteiger partial charge is 0.212 e. The van der Waals surface area contributed by atoms with E-state index in [1.807, 2.05) is 17.5 Å². The molecule has 34 heavy (non-hydrogen) atoms. The molecule has 1 aromatic heterocycles. The molecule has 1 aliphatic heterocycles. The standard InChI is InChI=1S/C24H35N3O6S/c25-6-8-29-9-10-30-11-12-31-13-14-32-15-16-33-20-4-1-3-19(17-20)23(28)22-18-34-24(27-22)21-5-2-7-26-21/h1,3-4,17-18,21,26H,2,5-16,25H2/t21-/m0/s1. The summed E-state index contributed by atoms with van der Waals surface area (Å²) in [5.74, 6) is 0.539. The van der Waals surface area contributed by atoms with Crippen molar-refractivity contribution in [3.8, 4) is 5.75 Å². The Morgan fingerprint density at radius 1 is 1.00 bits per heavy atom. The molecule has 0 unspecified atom stereocenters. The van der Waals surface area contributed by atoms with Gasteiger partial charge in [-0.2, -0.15) is 0 Å². The van der Waals surface area contributed by atoms with Crippen LogP contribution in [0.4, 0.5) is 0 Å². The highest BCUT2D eigenvalue weighted by Crippen LogP contribution is 2.27. The van der Waals surface area contributed by atoms with Crippen molar-refractivity contribution in [3.05, 3.63) is 45.9 Å². The molecule has 1 saturated heterocycles. The lowest BCUT2D eigenvalue weighted by molar-refractivity contribution is -0.00387. The van der Waals surface area contributed by atoms with Crippen molar-refractivity contribution in [3.63, 3.8) is 0 Å². The van der Waals surface area contributed by atoms with Gasteiger partial charge in [-0.1, -0.05) is 12.1 Å². The quantitative estimate of drug-likeness (QED) is 0.238. The molecular formula is C24H35N3O6S. The van der Waals surface area contributed by atoms with E-state index in [0.717, 1.165) is 24.4 Å². The molecule has 0 bridgehead atoms. The van der Waals surface area contributed by atoms with Crippen LogP contribution in [-0.2, 0) is 18.9 Å². The fraction of sp³-hybridized carbons (Fsp3) is 0.583. The summed E-state index contributed by atoms with van der Waals surface area (Å²) in [7, 11) is 0. The minimum Gasteiger partial charge on any atom is -0.491 e. The summed E-state index contributed by atoms with van der Waals surface area (Å²) in [6.07, 6.45) is 2.21. The molecule has 2 heterocycles. The third-order valence-electron chi connectivity index (χ3n) is 5.08. The van der Waals surface area contributed by atoms with Gasteiger partial charge in [-0.25, -0.2) is 4.98 Å². The first-order chi connectivity index (χ1) is 16.8. The van der Waals surface area contributed by atoms with Crippen LogP contribution in [0.2, 0.25) is 0 Å². The second kappa shape index (κ2) is 15.9. The highest BCUT2D eigenvalue weighted by atomic mass is 32.1. The summed E-state index contributed by atoms with van der Waals surface area (Å²) >= 11 is 1.54. The summed E-state index contributed by atoms with van der Waals surface area (Å²) in [6, 6.07) is 7.45. The molecule has 3 rings (SSSR count). The van der Waals surface area contributed by atoms with Crippen molar-refractivity contribution in [1.82, 2.24) is 10.3 Å². The van der Waals surface area contributed by atoms with Crippen LogP contribution in [0.15, 0.2) is 29.6 Å². The largest absolute Gasteiger partial charge is 0.491 e. The average Bonchev–Trinajstić information content (AvgIpc) is 3.56. The van der Waals surface area contributed by atoms with Crippen molar-refractivity contribution in [1.29, 1.82) is 0 Å². The van der Waals surface area contributed by atoms with Crippen LogP contribution in [-0.4, -0.2) is 83.3 Å². The number of hydrogen-bond acceptors (Lipinski definition) is 10. The maximum atomic E-state index is 12.8. The summed E-state index contributed by atoms with van der Waals surface area (Å²) in [5.41, 5.74) is 6.38. The van der Waals surface area contributed by atoms with Crippen molar-refractivity contribution < 1.29 is 28.5 Å². The van der Waals surface area contributed by atoms with E-state index in [9.17, 15) is 4.79 Å². The topological polar surface area (TPSA) is 114 Å². The van der Waals surface area contributed by atoms with E-state index in [-0.39, 0.29) is 11.8 Å². The van der Waals surface area contributed by atoms with E-state index >= 15 is 0 Å². The summed E-state index contributed by atoms with van der Waals surface area (Å²) in [6.45, 7) is 5.96. The van der Waals surface area contributed by atoms with E-state index in [2.05, 4.69) is 10.3 Å². The Kier molecular flexibility index (Phi) is 12.5. The lowest BCUT2D eigenvalue weighted by Crippen LogP contribution is -2.15. The van der Waals surface area contributed by atoms with Gasteiger partial charge in [0.05, 0.1) is 58.9 Å². The molecule has 188 valence electrons. The number of benzene rings is 1. The van der Waals surface area contributed by atoms with Gasteiger partial charge in [0.25, 0.3) is 0 Å². The van der Waals surface area contributed by atoms with E-state index in [0.29, 0.717) is 83.0 Å². The molecule has 1 atom stereocenters. The monoisotopic (exact) mass is 493 g/mol. The highest BCUT2D eigenvalue weighted by molar-refractivity contribution is 7.10. The van der Waals surface area contributed by atoms with Crippen LogP contribution in [0.3, 0.4) is 0 Å². The lowest BCUT2D eigenvalue weighted by Gasteiger charge is -2.09. The van der Waals surface area contributed by atoms with Gasteiger partial charge in [-0.15, -0.1) is 11.3 Å². The minimum absolute atomic E-state index is 0.0913. The zero-order valence-electron chi connectivity index (χ0n) is 19.5. The molecular weight excluding hydrogens is 458 g/mol. The van der Waals surface area contributed by atoms with Crippen LogP contribution >= 0.6 is 11.3 Å². The van der Waals surface area contributed by atoms with Crippen molar-refractivity contribution in [2.45, 2.75) is 18.9 Å². The number of hydrogen-bond donors (Lipinski definition) is 2. The Hall–Kier alpha value is -1.92. The number of carbonyl (C=O) groups excluding carboxylic acids is 1. The lowest BCUT2D eigenvalue weighted by atomic mass is 10.1. The molecule has 0 aliphatic carbocycles. The van der Waals surface area contributed by atoms with Crippen LogP contribution in [0.1, 0.15) is 39.9 Å². The van der Waals surface area contributed by atoms with Crippen LogP contribution in [0.5, 0.6) is 5.75 Å². The van der Waals surface area contributed by atoms with Gasteiger partial charge in [0.2, 0.25) is 5.78 Å². The number of ketones is 1. The van der Waals surface area contributed by atoms with Crippen molar-refractivity contribution in [2.75, 3.05) is 72.6 Å². The first-order valence-electron chi connectivity index (χ1n) is 11.8. The van der Waals surface area contributed by atoms with E-state index in [4.69, 9.17) is 29.4 Å². The molecule has 3 N–H and O–H groups in total. The Bertz CT molecular complexity index is 844. The minimum atomic E-state index is -0.0913. The number of carbonyl (C=O) groups is 1. The van der Waals surface area contributed by atoms with Crippen LogP contribution in [0, 0.1) is 0 Å². The molecule has 2 aromatic rings. The molecule has 0 spiro atoms. The Labute approximate surface area is 204 Å². The molecule has 0 amide bonds. The Morgan fingerprint density at radius 3 is 2.32 bits per heavy atom. The molecule has 10 heteroatoms. The van der Waals surface area contributed by atoms with Gasteiger partial charge in [0, 0.05) is 17.5 Å². The average molecular weight is 494 g/mol. The van der Waals surface area contributed by atoms with Gasteiger partial charge in [0.1, 0.15) is 23.1 Å². The normalized spacial score (nSPS) is 15.6. The maximum absolute atomic E-state index is 12.8. The molecule has 1 aliphatic rings. The molecule has 9 nitrogen and oxygen atoms in total. The van der Waals surface area contributed by atoms with Gasteiger partial charge in [-0.3, -0.25) is 4.79 Å². The fourth-order valence-corrected chi connectivity index (χ4v) is 4.29. The van der Waals surface area contributed by atoms with Gasteiger partial charge in [0.15, 0.2) is 0 Å². The molecule has 1 aromatic carbocycles. The number of aromatic nitrogens is 1. The summed E-state index contributed by atoms with van der Waals surface area (Å²) in [5, 5.41) is 6.24. The zero-order chi connectivity index (χ0) is 23.8. The number of nitrogens with one attached hydrogen (secondary N) is 1. The Balaban J connectivity index is 1.26. The second-order valence-corrected chi connectivity index (χ2v) is 8.55. The van der Waals surface area contributed by atoms with Crippen LogP contribution in [0.25, 0.3) is 0 Å². The maximum Gasteiger partial charge on any atom is 0.212 e. The summed E-state index contributed by atoms with van der Waals surface area (Å²) < 4.78 is 27.3. The van der Waals surface area contributed by atoms with Gasteiger partial charge < -0.3 is 34.7 Å². The number of thiazole rings is 1. The fourth-order valence-electron chi connectivity index (χ4n) is 3.39. The first kappa shape index (κ1) is 26.7. The first-order valence-corrected chi connectivity index (χ1v) is 12.6. The Morgan fingerprint density at radius 2 is 1.68 bits per heavy atom. The third kappa shape index (κ3) is 9.38. The highest BCUT2D eigenvalue weighted by Gasteiger charge is 2.21.